The molecule has 0 unspecified atom stereocenters. The van der Waals surface area contributed by atoms with Gasteiger partial charge in [-0.3, -0.25) is 9.69 Å². The van der Waals surface area contributed by atoms with Crippen molar-refractivity contribution in [2.45, 2.75) is 25.8 Å². The summed E-state index contributed by atoms with van der Waals surface area (Å²) in [4.78, 5) is 19.7. The van der Waals surface area contributed by atoms with Gasteiger partial charge >= 0.3 is 0 Å². The van der Waals surface area contributed by atoms with E-state index in [0.717, 1.165) is 44.1 Å². The lowest BCUT2D eigenvalue weighted by atomic mass is 9.95. The summed E-state index contributed by atoms with van der Waals surface area (Å²) in [6.45, 7) is 2.93. The number of carbonyl (C=O) groups is 1. The Balaban J connectivity index is 1.92. The van der Waals surface area contributed by atoms with Gasteiger partial charge in [-0.25, -0.2) is 0 Å². The maximum atomic E-state index is 12.2. The lowest BCUT2D eigenvalue weighted by Crippen LogP contribution is -2.34. The number of amides is 1. The van der Waals surface area contributed by atoms with E-state index in [9.17, 15) is 20.1 Å². The quantitative estimate of drug-likeness (QED) is 0.225. The molecular weight excluding hydrogens is 446 g/mol. The van der Waals surface area contributed by atoms with E-state index in [4.69, 9.17) is 22.3 Å². The summed E-state index contributed by atoms with van der Waals surface area (Å²) in [5.41, 5.74) is 2.44. The van der Waals surface area contributed by atoms with E-state index in [0.29, 0.717) is 17.1 Å². The van der Waals surface area contributed by atoms with E-state index in [2.05, 4.69) is 10.2 Å². The number of likely N-dealkylation sites (tertiary alicyclic amines) is 1. The molecule has 3 rings (SSSR count). The van der Waals surface area contributed by atoms with Crippen molar-refractivity contribution in [1.82, 2.24) is 10.2 Å². The summed E-state index contributed by atoms with van der Waals surface area (Å²) in [5, 5.41) is 32.0. The minimum absolute atomic E-state index is 0.0111. The number of benzene rings is 2. The fourth-order valence-electron chi connectivity index (χ4n) is 3.99. The van der Waals surface area contributed by atoms with E-state index in [1.807, 2.05) is 24.3 Å². The zero-order chi connectivity index (χ0) is 24.0. The van der Waals surface area contributed by atoms with E-state index >= 15 is 0 Å². The Labute approximate surface area is 198 Å². The minimum Gasteiger partial charge on any atom is -0.507 e. The fraction of sp³-hybridized carbons (Fsp3) is 0.375. The summed E-state index contributed by atoms with van der Waals surface area (Å²) in [6, 6.07) is 10.2. The van der Waals surface area contributed by atoms with Crippen LogP contribution < -0.4 is 11.2 Å². The van der Waals surface area contributed by atoms with Crippen molar-refractivity contribution in [2.24, 2.45) is 11.8 Å². The van der Waals surface area contributed by atoms with Gasteiger partial charge in [0.15, 0.2) is 5.76 Å². The van der Waals surface area contributed by atoms with Gasteiger partial charge in [0.25, 0.3) is 0 Å². The number of phenolic OH excluding ortho intramolecular Hbond substituents is 2. The summed E-state index contributed by atoms with van der Waals surface area (Å²) < 4.78 is 0. The standard InChI is InChI=1S/C24H30ClN3O5/c1-27-23(32)11-18(24(33-26)19-10-20(25)22(31)12-21(19)30)17-4-2-15(3-5-17)13-28-8-6-16(14-29)7-9-28/h2-5,10,12,16,29-31H,6-9,11,13-14,26H2,1H3,(H,27,32)/b24-18+. The number of nitrogens with one attached hydrogen (secondary N) is 1. The Hall–Kier alpha value is -2.78. The second-order valence-electron chi connectivity index (χ2n) is 8.20. The van der Waals surface area contributed by atoms with Crippen molar-refractivity contribution in [3.63, 3.8) is 0 Å². The van der Waals surface area contributed by atoms with Crippen LogP contribution in [0.4, 0.5) is 0 Å². The third kappa shape index (κ3) is 6.17. The van der Waals surface area contributed by atoms with Gasteiger partial charge in [-0.05, 0) is 49.0 Å². The van der Waals surface area contributed by atoms with Crippen molar-refractivity contribution in [3.8, 4) is 11.5 Å². The number of hydrogen-bond donors (Lipinski definition) is 5. The Kier molecular flexibility index (Phi) is 8.57. The number of halogens is 1. The molecule has 1 amide bonds. The van der Waals surface area contributed by atoms with Crippen LogP contribution in [0.2, 0.25) is 5.02 Å². The smallest absolute Gasteiger partial charge is 0.224 e. The monoisotopic (exact) mass is 475 g/mol. The summed E-state index contributed by atoms with van der Waals surface area (Å²) in [7, 11) is 1.53. The second kappa shape index (κ2) is 11.4. The number of piperidine rings is 1. The molecule has 2 aromatic rings. The molecule has 0 aromatic heterocycles. The average Bonchev–Trinajstić information content (AvgIpc) is 2.83. The number of rotatable bonds is 8. The van der Waals surface area contributed by atoms with Gasteiger partial charge in [0.05, 0.1) is 17.0 Å². The van der Waals surface area contributed by atoms with Crippen LogP contribution in [0.15, 0.2) is 36.4 Å². The van der Waals surface area contributed by atoms with Crippen molar-refractivity contribution >= 4 is 28.8 Å². The number of carbonyl (C=O) groups excluding carboxylic acids is 1. The lowest BCUT2D eigenvalue weighted by molar-refractivity contribution is -0.119. The van der Waals surface area contributed by atoms with Gasteiger partial charge in [-0.15, -0.1) is 0 Å². The molecule has 0 bridgehead atoms. The Bertz CT molecular complexity index is 1000. The molecule has 33 heavy (non-hydrogen) atoms. The number of aliphatic hydroxyl groups is 1. The summed E-state index contributed by atoms with van der Waals surface area (Å²) >= 11 is 6.02. The number of aromatic hydroxyl groups is 2. The SMILES string of the molecule is CNC(=O)C/C(=C(\ON)c1cc(Cl)c(O)cc1O)c1ccc(CN2CCC(CO)CC2)cc1. The molecule has 0 spiro atoms. The molecule has 178 valence electrons. The number of nitrogens with two attached hydrogens (primary N) is 1. The molecule has 1 fully saturated rings. The number of aliphatic hydroxyl groups excluding tert-OH is 1. The van der Waals surface area contributed by atoms with Crippen molar-refractivity contribution in [1.29, 1.82) is 0 Å². The molecule has 1 saturated heterocycles. The van der Waals surface area contributed by atoms with E-state index < -0.39 is 0 Å². The van der Waals surface area contributed by atoms with E-state index in [1.165, 1.54) is 13.1 Å². The van der Waals surface area contributed by atoms with Gasteiger partial charge < -0.3 is 25.5 Å². The highest BCUT2D eigenvalue weighted by atomic mass is 35.5. The van der Waals surface area contributed by atoms with Crippen LogP contribution >= 0.6 is 11.6 Å². The van der Waals surface area contributed by atoms with Crippen LogP contribution in [-0.2, 0) is 16.2 Å². The number of nitrogens with zero attached hydrogens (tertiary/aromatic N) is 1. The lowest BCUT2D eigenvalue weighted by Gasteiger charge is -2.31. The topological polar surface area (TPSA) is 128 Å². The molecule has 2 aromatic carbocycles. The van der Waals surface area contributed by atoms with Crippen molar-refractivity contribution in [2.75, 3.05) is 26.7 Å². The second-order valence-corrected chi connectivity index (χ2v) is 8.60. The molecule has 0 atom stereocenters. The largest absolute Gasteiger partial charge is 0.507 e. The Morgan fingerprint density at radius 3 is 2.42 bits per heavy atom. The molecule has 8 nitrogen and oxygen atoms in total. The third-order valence-corrected chi connectivity index (χ3v) is 6.29. The van der Waals surface area contributed by atoms with Crippen molar-refractivity contribution < 1.29 is 25.0 Å². The molecule has 6 N–H and O–H groups in total. The van der Waals surface area contributed by atoms with E-state index in [-0.39, 0.29) is 46.8 Å². The zero-order valence-electron chi connectivity index (χ0n) is 18.6. The highest BCUT2D eigenvalue weighted by Gasteiger charge is 2.22. The van der Waals surface area contributed by atoms with Crippen LogP contribution in [-0.4, -0.2) is 52.9 Å². The zero-order valence-corrected chi connectivity index (χ0v) is 19.3. The average molecular weight is 476 g/mol. The maximum Gasteiger partial charge on any atom is 0.224 e. The first-order valence-corrected chi connectivity index (χ1v) is 11.2. The first kappa shape index (κ1) is 24.9. The third-order valence-electron chi connectivity index (χ3n) is 5.99. The van der Waals surface area contributed by atoms with Crippen LogP contribution in [0.3, 0.4) is 0 Å². The highest BCUT2D eigenvalue weighted by Crippen LogP contribution is 2.38. The molecule has 0 aliphatic carbocycles. The van der Waals surface area contributed by atoms with Crippen LogP contribution in [0.5, 0.6) is 11.5 Å². The van der Waals surface area contributed by atoms with Gasteiger partial charge in [0.2, 0.25) is 5.91 Å². The molecular formula is C24H30ClN3O5. The number of hydrogen-bond acceptors (Lipinski definition) is 7. The molecule has 1 aliphatic heterocycles. The fourth-order valence-corrected chi connectivity index (χ4v) is 4.15. The molecule has 1 aliphatic rings. The predicted molar refractivity (Wildman–Crippen MR) is 127 cm³/mol. The van der Waals surface area contributed by atoms with Crippen molar-refractivity contribution in [3.05, 3.63) is 58.1 Å². The van der Waals surface area contributed by atoms with Crippen LogP contribution in [0.25, 0.3) is 11.3 Å². The molecule has 0 radical (unpaired) electrons. The van der Waals surface area contributed by atoms with E-state index in [1.54, 1.807) is 0 Å². The first-order valence-electron chi connectivity index (χ1n) is 10.8. The van der Waals surface area contributed by atoms with Gasteiger partial charge in [-0.2, -0.15) is 5.90 Å². The molecule has 0 saturated carbocycles. The van der Waals surface area contributed by atoms with Crippen LogP contribution in [0.1, 0.15) is 36.0 Å². The first-order chi connectivity index (χ1) is 15.9. The predicted octanol–water partition coefficient (Wildman–Crippen LogP) is 2.85. The Morgan fingerprint density at radius 1 is 1.18 bits per heavy atom. The Morgan fingerprint density at radius 2 is 1.85 bits per heavy atom. The van der Waals surface area contributed by atoms with Crippen LogP contribution in [0, 0.1) is 5.92 Å². The molecule has 1 heterocycles. The minimum atomic E-state index is -0.283. The molecule has 9 heteroatoms. The summed E-state index contributed by atoms with van der Waals surface area (Å²) in [5.74, 6) is 5.20. The number of phenols is 2. The van der Waals surface area contributed by atoms with Gasteiger partial charge in [0.1, 0.15) is 11.5 Å². The summed E-state index contributed by atoms with van der Waals surface area (Å²) in [6.07, 6.45) is 1.93. The van der Waals surface area contributed by atoms with Gasteiger partial charge in [-0.1, -0.05) is 35.9 Å². The normalized spacial score (nSPS) is 15.8. The highest BCUT2D eigenvalue weighted by molar-refractivity contribution is 6.32. The maximum absolute atomic E-state index is 12.2. The van der Waals surface area contributed by atoms with Gasteiger partial charge in [0, 0.05) is 31.8 Å².